The molecule has 31 heavy (non-hydrogen) atoms. The first-order valence-corrected chi connectivity index (χ1v) is 12.0. The molecule has 2 aliphatic heterocycles. The van der Waals surface area contributed by atoms with Gasteiger partial charge in [-0.1, -0.05) is 66.4 Å². The van der Waals surface area contributed by atoms with Gasteiger partial charge in [0.2, 0.25) is 5.91 Å². The number of hydrogen-bond donors (Lipinski definition) is 1. The molecule has 7 heteroatoms. The van der Waals surface area contributed by atoms with Crippen LogP contribution in [0.5, 0.6) is 0 Å². The molecule has 1 atom stereocenters. The van der Waals surface area contributed by atoms with Crippen molar-refractivity contribution in [3.05, 3.63) is 60.2 Å². The van der Waals surface area contributed by atoms with Crippen LogP contribution < -0.4 is 5.32 Å². The standard InChI is InChI=1S/C24H26N4OS2/c1-17-22(18-10-4-2-5-11-18)23(26-20-13-7-6-12-19(20)25-17)27-21(29)16-31-24(30)28-14-8-3-9-15-28/h2,4-7,10-13,22H,3,8-9,14-16H2,1H3,(H,26,27,29)/t22-/m1/s1. The highest BCUT2D eigenvalue weighted by Crippen LogP contribution is 2.34. The van der Waals surface area contributed by atoms with E-state index in [1.165, 1.54) is 31.0 Å². The van der Waals surface area contributed by atoms with E-state index in [0.29, 0.717) is 5.84 Å². The van der Waals surface area contributed by atoms with Crippen LogP contribution >= 0.6 is 24.0 Å². The number of piperidine rings is 1. The molecule has 0 aromatic heterocycles. The minimum atomic E-state index is -0.211. The van der Waals surface area contributed by atoms with E-state index in [9.17, 15) is 4.79 Å². The molecule has 0 unspecified atom stereocenters. The zero-order valence-corrected chi connectivity index (χ0v) is 19.2. The summed E-state index contributed by atoms with van der Waals surface area (Å²) in [5.74, 6) is 0.563. The van der Waals surface area contributed by atoms with Crippen LogP contribution in [-0.4, -0.2) is 45.5 Å². The molecule has 1 amide bonds. The molecule has 1 N–H and O–H groups in total. The number of carbonyl (C=O) groups excluding carboxylic acids is 1. The summed E-state index contributed by atoms with van der Waals surface area (Å²) in [4.78, 5) is 24.7. The van der Waals surface area contributed by atoms with Crippen molar-refractivity contribution in [3.63, 3.8) is 0 Å². The third-order valence-corrected chi connectivity index (χ3v) is 6.98. The van der Waals surface area contributed by atoms with Crippen molar-refractivity contribution in [2.45, 2.75) is 32.1 Å². The number of nitrogens with one attached hydrogen (secondary N) is 1. The average molecular weight is 451 g/mol. The predicted molar refractivity (Wildman–Crippen MR) is 134 cm³/mol. The summed E-state index contributed by atoms with van der Waals surface area (Å²) in [6.07, 6.45) is 3.59. The summed E-state index contributed by atoms with van der Waals surface area (Å²) >= 11 is 6.98. The fourth-order valence-corrected chi connectivity index (χ4v) is 4.97. The summed E-state index contributed by atoms with van der Waals surface area (Å²) in [5, 5.41) is 3.07. The van der Waals surface area contributed by atoms with E-state index >= 15 is 0 Å². The maximum Gasteiger partial charge on any atom is 0.235 e. The number of thiocarbonyl (C=S) groups is 1. The summed E-state index contributed by atoms with van der Waals surface area (Å²) < 4.78 is 0.806. The number of amides is 1. The Bertz CT molecular complexity index is 1010. The minimum Gasteiger partial charge on any atom is -0.358 e. The number of amidine groups is 1. The first kappa shape index (κ1) is 21.7. The van der Waals surface area contributed by atoms with Gasteiger partial charge in [-0.3, -0.25) is 9.79 Å². The van der Waals surface area contributed by atoms with E-state index in [4.69, 9.17) is 22.2 Å². The molecular weight excluding hydrogens is 424 g/mol. The second kappa shape index (κ2) is 10.2. The van der Waals surface area contributed by atoms with Gasteiger partial charge in [0.1, 0.15) is 10.2 Å². The zero-order valence-electron chi connectivity index (χ0n) is 17.6. The maximum atomic E-state index is 12.9. The first-order chi connectivity index (χ1) is 15.1. The number of likely N-dealkylation sites (tertiary alicyclic amines) is 1. The number of nitrogens with zero attached hydrogens (tertiary/aromatic N) is 3. The normalized spacial score (nSPS) is 18.4. The first-order valence-electron chi connectivity index (χ1n) is 10.6. The van der Waals surface area contributed by atoms with Crippen molar-refractivity contribution in [2.75, 3.05) is 18.8 Å². The Labute approximate surface area is 193 Å². The van der Waals surface area contributed by atoms with Crippen LogP contribution in [-0.2, 0) is 4.79 Å². The topological polar surface area (TPSA) is 57.1 Å². The Hall–Kier alpha value is -2.51. The lowest BCUT2D eigenvalue weighted by Gasteiger charge is -2.28. The predicted octanol–water partition coefficient (Wildman–Crippen LogP) is 5.23. The van der Waals surface area contributed by atoms with E-state index in [0.717, 1.165) is 40.1 Å². The van der Waals surface area contributed by atoms with Crippen LogP contribution in [0.15, 0.2) is 64.6 Å². The van der Waals surface area contributed by atoms with Gasteiger partial charge in [-0.2, -0.15) is 0 Å². The van der Waals surface area contributed by atoms with Gasteiger partial charge in [-0.05, 0) is 43.9 Å². The number of hydrogen-bond acceptors (Lipinski definition) is 5. The van der Waals surface area contributed by atoms with Crippen molar-refractivity contribution in [3.8, 4) is 0 Å². The van der Waals surface area contributed by atoms with E-state index in [1.807, 2.05) is 61.5 Å². The van der Waals surface area contributed by atoms with Crippen molar-refractivity contribution in [2.24, 2.45) is 9.98 Å². The van der Waals surface area contributed by atoms with Crippen LogP contribution in [0.25, 0.3) is 0 Å². The number of aliphatic imine (C=N–C) groups is 2. The van der Waals surface area contributed by atoms with Gasteiger partial charge in [-0.25, -0.2) is 4.99 Å². The molecular formula is C24H26N4OS2. The van der Waals surface area contributed by atoms with Crippen LogP contribution in [0.4, 0.5) is 11.4 Å². The van der Waals surface area contributed by atoms with Gasteiger partial charge in [0.05, 0.1) is 23.0 Å². The van der Waals surface area contributed by atoms with Gasteiger partial charge >= 0.3 is 0 Å². The van der Waals surface area contributed by atoms with Crippen LogP contribution in [0.1, 0.15) is 37.7 Å². The fraction of sp³-hybridized carbons (Fsp3) is 0.333. The number of fused-ring (bicyclic) bond motifs is 1. The molecule has 0 radical (unpaired) electrons. The number of benzene rings is 2. The Kier molecular flexibility index (Phi) is 7.14. The van der Waals surface area contributed by atoms with E-state index in [-0.39, 0.29) is 17.6 Å². The molecule has 4 rings (SSSR count). The van der Waals surface area contributed by atoms with Crippen molar-refractivity contribution in [1.82, 2.24) is 10.2 Å². The molecule has 160 valence electrons. The summed E-state index contributed by atoms with van der Waals surface area (Å²) in [5.41, 5.74) is 3.51. The number of rotatable bonds is 3. The number of carbonyl (C=O) groups is 1. The second-order valence-corrected chi connectivity index (χ2v) is 9.34. The highest BCUT2D eigenvalue weighted by molar-refractivity contribution is 8.23. The summed E-state index contributed by atoms with van der Waals surface area (Å²) in [6, 6.07) is 17.8. The molecule has 1 fully saturated rings. The molecule has 2 heterocycles. The molecule has 1 saturated heterocycles. The van der Waals surface area contributed by atoms with Crippen LogP contribution in [0, 0.1) is 0 Å². The monoisotopic (exact) mass is 450 g/mol. The molecule has 5 nitrogen and oxygen atoms in total. The summed E-state index contributed by atoms with van der Waals surface area (Å²) in [6.45, 7) is 3.97. The molecule has 0 bridgehead atoms. The average Bonchev–Trinajstić information content (AvgIpc) is 2.93. The largest absolute Gasteiger partial charge is 0.358 e. The number of para-hydroxylation sites is 2. The quantitative estimate of drug-likeness (QED) is 0.651. The minimum absolute atomic E-state index is 0.101. The zero-order chi connectivity index (χ0) is 21.6. The van der Waals surface area contributed by atoms with Crippen molar-refractivity contribution < 1.29 is 4.79 Å². The van der Waals surface area contributed by atoms with Gasteiger partial charge in [-0.15, -0.1) is 0 Å². The van der Waals surface area contributed by atoms with Crippen molar-refractivity contribution >= 4 is 57.1 Å². The Morgan fingerprint density at radius 1 is 1.03 bits per heavy atom. The highest BCUT2D eigenvalue weighted by Gasteiger charge is 2.26. The molecule has 0 spiro atoms. The molecule has 0 saturated carbocycles. The Morgan fingerprint density at radius 2 is 1.68 bits per heavy atom. The van der Waals surface area contributed by atoms with Gasteiger partial charge in [0, 0.05) is 18.8 Å². The van der Waals surface area contributed by atoms with Gasteiger partial charge in [0.25, 0.3) is 0 Å². The Morgan fingerprint density at radius 3 is 2.39 bits per heavy atom. The molecule has 2 aliphatic rings. The smallest absolute Gasteiger partial charge is 0.235 e. The van der Waals surface area contributed by atoms with Crippen LogP contribution in [0.2, 0.25) is 0 Å². The SMILES string of the molecule is CC1=Nc2ccccc2N=C(NC(=O)CSC(=S)N2CCCCC2)[C@H]1c1ccccc1. The molecule has 0 aliphatic carbocycles. The maximum absolute atomic E-state index is 12.9. The summed E-state index contributed by atoms with van der Waals surface area (Å²) in [7, 11) is 0. The fourth-order valence-electron chi connectivity index (χ4n) is 3.92. The third-order valence-electron chi connectivity index (χ3n) is 5.45. The van der Waals surface area contributed by atoms with Gasteiger partial charge < -0.3 is 10.2 Å². The third kappa shape index (κ3) is 5.40. The highest BCUT2D eigenvalue weighted by atomic mass is 32.2. The Balaban J connectivity index is 1.53. The lowest BCUT2D eigenvalue weighted by molar-refractivity contribution is -0.117. The second-order valence-electron chi connectivity index (χ2n) is 7.73. The van der Waals surface area contributed by atoms with Gasteiger partial charge in [0.15, 0.2) is 0 Å². The molecule has 2 aromatic rings. The van der Waals surface area contributed by atoms with E-state index in [1.54, 1.807) is 0 Å². The van der Waals surface area contributed by atoms with E-state index in [2.05, 4.69) is 10.2 Å². The van der Waals surface area contributed by atoms with Crippen molar-refractivity contribution in [1.29, 1.82) is 0 Å². The van der Waals surface area contributed by atoms with Crippen LogP contribution in [0.3, 0.4) is 0 Å². The lowest BCUT2D eigenvalue weighted by Crippen LogP contribution is -2.39. The number of thioether (sulfide) groups is 1. The van der Waals surface area contributed by atoms with E-state index < -0.39 is 0 Å². The lowest BCUT2D eigenvalue weighted by atomic mass is 9.93. The molecule has 2 aromatic carbocycles.